The monoisotopic (exact) mass is 354 g/mol. The van der Waals surface area contributed by atoms with Crippen molar-refractivity contribution in [3.8, 4) is 5.75 Å². The maximum atomic E-state index is 12.5. The molecule has 0 saturated heterocycles. The Morgan fingerprint density at radius 2 is 1.85 bits per heavy atom. The summed E-state index contributed by atoms with van der Waals surface area (Å²) >= 11 is 0. The number of carbonyl (C=O) groups is 2. The van der Waals surface area contributed by atoms with Crippen LogP contribution in [0.15, 0.2) is 47.0 Å². The van der Waals surface area contributed by atoms with Crippen LogP contribution >= 0.6 is 0 Å². The fourth-order valence-electron chi connectivity index (χ4n) is 2.48. The number of amides is 1. The summed E-state index contributed by atoms with van der Waals surface area (Å²) in [6.45, 7) is 3.19. The molecule has 1 atom stereocenters. The maximum absolute atomic E-state index is 12.5. The predicted molar refractivity (Wildman–Crippen MR) is 95.2 cm³/mol. The minimum absolute atomic E-state index is 0.253. The van der Waals surface area contributed by atoms with Gasteiger partial charge < -0.3 is 19.3 Å². The number of fused-ring (bicyclic) bond motifs is 1. The van der Waals surface area contributed by atoms with Crippen molar-refractivity contribution in [3.05, 3.63) is 53.8 Å². The van der Waals surface area contributed by atoms with Crippen LogP contribution in [-0.4, -0.2) is 30.2 Å². The first kappa shape index (κ1) is 17.5. The number of hydrogen-bond donors (Lipinski definition) is 1. The van der Waals surface area contributed by atoms with Crippen LogP contribution in [-0.2, 0) is 9.53 Å². The molecule has 0 aliphatic carbocycles. The number of benzene rings is 2. The number of methoxy groups -OCH3 is 1. The zero-order chi connectivity index (χ0) is 18.7. The molecule has 0 unspecified atom stereocenters. The zero-order valence-electron chi connectivity index (χ0n) is 14.6. The van der Waals surface area contributed by atoms with E-state index in [-0.39, 0.29) is 11.4 Å². The number of hydrogen-bond acceptors (Lipinski definition) is 6. The second-order valence-corrected chi connectivity index (χ2v) is 5.76. The summed E-state index contributed by atoms with van der Waals surface area (Å²) in [7, 11) is 1.48. The summed E-state index contributed by atoms with van der Waals surface area (Å²) in [5.41, 5.74) is 0.253. The maximum Gasteiger partial charge on any atom is 0.342 e. The highest BCUT2D eigenvalue weighted by Gasteiger charge is 2.22. The number of nitrogens with zero attached hydrogens (tertiary/aromatic N) is 1. The first-order chi connectivity index (χ1) is 12.5. The molecular weight excluding hydrogens is 336 g/mol. The Kier molecular flexibility index (Phi) is 4.88. The predicted octanol–water partition coefficient (Wildman–Crippen LogP) is 3.33. The van der Waals surface area contributed by atoms with Crippen molar-refractivity contribution in [1.29, 1.82) is 0 Å². The van der Waals surface area contributed by atoms with Gasteiger partial charge in [-0.15, -0.1) is 0 Å². The second kappa shape index (κ2) is 7.26. The molecule has 2 aromatic carbocycles. The summed E-state index contributed by atoms with van der Waals surface area (Å²) in [6, 6.07) is 12.6. The molecule has 26 heavy (non-hydrogen) atoms. The van der Waals surface area contributed by atoms with Crippen LogP contribution < -0.4 is 10.1 Å². The molecule has 1 aromatic heterocycles. The SMILES string of the molecule is COc1cc2ccccc2cc1C(=O)O[C@H](C)C(=O)Nc1cc(C)on1. The molecule has 0 spiro atoms. The lowest BCUT2D eigenvalue weighted by atomic mass is 10.1. The minimum atomic E-state index is -1.02. The van der Waals surface area contributed by atoms with E-state index < -0.39 is 18.0 Å². The minimum Gasteiger partial charge on any atom is -0.496 e. The van der Waals surface area contributed by atoms with Crippen LogP contribution in [0, 0.1) is 6.92 Å². The van der Waals surface area contributed by atoms with E-state index in [1.807, 2.05) is 24.3 Å². The Morgan fingerprint density at radius 3 is 2.46 bits per heavy atom. The van der Waals surface area contributed by atoms with E-state index in [4.69, 9.17) is 14.0 Å². The van der Waals surface area contributed by atoms with E-state index >= 15 is 0 Å². The van der Waals surface area contributed by atoms with Gasteiger partial charge in [-0.25, -0.2) is 4.79 Å². The fourth-order valence-corrected chi connectivity index (χ4v) is 2.48. The number of nitrogens with one attached hydrogen (secondary N) is 1. The Balaban J connectivity index is 1.76. The van der Waals surface area contributed by atoms with E-state index in [1.54, 1.807) is 25.1 Å². The summed E-state index contributed by atoms with van der Waals surface area (Å²) < 4.78 is 15.4. The van der Waals surface area contributed by atoms with Crippen molar-refractivity contribution >= 4 is 28.5 Å². The highest BCUT2D eigenvalue weighted by molar-refractivity contribution is 6.01. The Labute approximate surface area is 149 Å². The van der Waals surface area contributed by atoms with E-state index in [9.17, 15) is 9.59 Å². The summed E-state index contributed by atoms with van der Waals surface area (Å²) in [4.78, 5) is 24.7. The first-order valence-corrected chi connectivity index (χ1v) is 8.00. The van der Waals surface area contributed by atoms with E-state index in [2.05, 4.69) is 10.5 Å². The van der Waals surface area contributed by atoms with E-state index in [1.165, 1.54) is 14.0 Å². The molecule has 0 aliphatic rings. The topological polar surface area (TPSA) is 90.7 Å². The third-order valence-corrected chi connectivity index (χ3v) is 3.82. The summed E-state index contributed by atoms with van der Waals surface area (Å²) in [5.74, 6) is 0.0518. The third kappa shape index (κ3) is 3.66. The van der Waals surface area contributed by atoms with Gasteiger partial charge in [-0.05, 0) is 36.8 Å². The molecule has 134 valence electrons. The number of aryl methyl sites for hydroxylation is 1. The zero-order valence-corrected chi connectivity index (χ0v) is 14.6. The van der Waals surface area contributed by atoms with Crippen molar-refractivity contribution in [2.75, 3.05) is 12.4 Å². The van der Waals surface area contributed by atoms with Gasteiger partial charge in [-0.1, -0.05) is 29.4 Å². The Hall–Kier alpha value is -3.35. The molecule has 0 radical (unpaired) electrons. The lowest BCUT2D eigenvalue weighted by Gasteiger charge is -2.14. The van der Waals surface area contributed by atoms with Gasteiger partial charge in [0.2, 0.25) is 0 Å². The van der Waals surface area contributed by atoms with Gasteiger partial charge in [0.15, 0.2) is 11.9 Å². The lowest BCUT2D eigenvalue weighted by molar-refractivity contribution is -0.123. The number of carbonyl (C=O) groups excluding carboxylic acids is 2. The van der Waals surface area contributed by atoms with Crippen molar-refractivity contribution in [2.45, 2.75) is 20.0 Å². The van der Waals surface area contributed by atoms with Gasteiger partial charge in [0.1, 0.15) is 17.1 Å². The average Bonchev–Trinajstić information content (AvgIpc) is 3.05. The van der Waals surface area contributed by atoms with Crippen LogP contribution in [0.2, 0.25) is 0 Å². The normalized spacial score (nSPS) is 11.8. The highest BCUT2D eigenvalue weighted by atomic mass is 16.5. The molecule has 0 bridgehead atoms. The van der Waals surface area contributed by atoms with Crippen molar-refractivity contribution in [2.24, 2.45) is 0 Å². The lowest BCUT2D eigenvalue weighted by Crippen LogP contribution is -2.30. The molecule has 1 N–H and O–H groups in total. The van der Waals surface area contributed by atoms with Crippen LogP contribution in [0.1, 0.15) is 23.0 Å². The van der Waals surface area contributed by atoms with Crippen molar-refractivity contribution in [3.63, 3.8) is 0 Å². The van der Waals surface area contributed by atoms with Crippen LogP contribution in [0.25, 0.3) is 10.8 Å². The third-order valence-electron chi connectivity index (χ3n) is 3.82. The van der Waals surface area contributed by atoms with Crippen molar-refractivity contribution in [1.82, 2.24) is 5.16 Å². The van der Waals surface area contributed by atoms with Gasteiger partial charge in [-0.2, -0.15) is 0 Å². The van der Waals surface area contributed by atoms with Crippen LogP contribution in [0.3, 0.4) is 0 Å². The standard InChI is InChI=1S/C19H18N2O5/c1-11-8-17(21-26-11)20-18(22)12(2)25-19(23)15-9-13-6-4-5-7-14(13)10-16(15)24-3/h4-10,12H,1-3H3,(H,20,21,22)/t12-/m1/s1. The molecule has 3 aromatic rings. The molecule has 7 heteroatoms. The number of rotatable bonds is 5. The number of aromatic nitrogens is 1. The summed E-state index contributed by atoms with van der Waals surface area (Å²) in [6.07, 6.45) is -1.02. The van der Waals surface area contributed by atoms with E-state index in [0.29, 0.717) is 11.5 Å². The average molecular weight is 354 g/mol. The molecule has 7 nitrogen and oxygen atoms in total. The number of esters is 1. The highest BCUT2D eigenvalue weighted by Crippen LogP contribution is 2.27. The largest absolute Gasteiger partial charge is 0.496 e. The smallest absolute Gasteiger partial charge is 0.342 e. The summed E-state index contributed by atoms with van der Waals surface area (Å²) in [5, 5.41) is 8.00. The van der Waals surface area contributed by atoms with Gasteiger partial charge in [-0.3, -0.25) is 4.79 Å². The van der Waals surface area contributed by atoms with Gasteiger partial charge in [0, 0.05) is 6.07 Å². The molecule has 0 aliphatic heterocycles. The molecule has 0 saturated carbocycles. The van der Waals surface area contributed by atoms with Crippen LogP contribution in [0.5, 0.6) is 5.75 Å². The molecular formula is C19H18N2O5. The number of ether oxygens (including phenoxy) is 2. The molecule has 1 heterocycles. The van der Waals surface area contributed by atoms with Gasteiger partial charge >= 0.3 is 5.97 Å². The van der Waals surface area contributed by atoms with E-state index in [0.717, 1.165) is 10.8 Å². The molecule has 3 rings (SSSR count). The quantitative estimate of drug-likeness (QED) is 0.707. The first-order valence-electron chi connectivity index (χ1n) is 8.00. The Morgan fingerprint density at radius 1 is 1.15 bits per heavy atom. The Bertz CT molecular complexity index is 963. The van der Waals surface area contributed by atoms with Crippen LogP contribution in [0.4, 0.5) is 5.82 Å². The van der Waals surface area contributed by atoms with Gasteiger partial charge in [0.05, 0.1) is 7.11 Å². The fraction of sp³-hybridized carbons (Fsp3) is 0.211. The second-order valence-electron chi connectivity index (χ2n) is 5.76. The van der Waals surface area contributed by atoms with Crippen molar-refractivity contribution < 1.29 is 23.6 Å². The van der Waals surface area contributed by atoms with Gasteiger partial charge in [0.25, 0.3) is 5.91 Å². The molecule has 0 fully saturated rings. The number of anilines is 1. The molecule has 1 amide bonds.